The van der Waals surface area contributed by atoms with Crippen molar-refractivity contribution >= 4 is 48.3 Å². The first-order valence-corrected chi connectivity index (χ1v) is 18.1. The Balaban J connectivity index is 1.54. The van der Waals surface area contributed by atoms with Crippen molar-refractivity contribution in [2.45, 2.75) is 135 Å². The molecule has 4 rings (SSSR count). The minimum atomic E-state index is -0.996. The van der Waals surface area contributed by atoms with Crippen molar-refractivity contribution in [1.29, 1.82) is 0 Å². The van der Waals surface area contributed by atoms with Crippen LogP contribution in [0.2, 0.25) is 0 Å². The second kappa shape index (κ2) is 17.2. The van der Waals surface area contributed by atoms with E-state index in [-0.39, 0.29) is 29.7 Å². The summed E-state index contributed by atoms with van der Waals surface area (Å²) in [5, 5.41) is 11.4. The predicted molar refractivity (Wildman–Crippen MR) is 186 cm³/mol. The van der Waals surface area contributed by atoms with Gasteiger partial charge < -0.3 is 26.2 Å². The third kappa shape index (κ3) is 10.1. The molecule has 13 heteroatoms. The van der Waals surface area contributed by atoms with Gasteiger partial charge in [0.2, 0.25) is 23.5 Å². The molecule has 0 aromatic carbocycles. The highest BCUT2D eigenvalue weighted by atomic mass is 16.2. The van der Waals surface area contributed by atoms with Gasteiger partial charge in [0.25, 0.3) is 11.8 Å². The number of hydrogen-bond donors (Lipinski definition) is 4. The van der Waals surface area contributed by atoms with Crippen molar-refractivity contribution in [3.63, 3.8) is 0 Å². The van der Waals surface area contributed by atoms with Crippen LogP contribution in [0.5, 0.6) is 0 Å². The number of ketones is 1. The predicted octanol–water partition coefficient (Wildman–Crippen LogP) is 2.58. The zero-order chi connectivity index (χ0) is 35.7. The van der Waals surface area contributed by atoms with E-state index >= 15 is 0 Å². The number of nitrogens with one attached hydrogen (secondary N) is 4. The lowest BCUT2D eigenvalue weighted by molar-refractivity contribution is -0.146. The molecule has 4 fully saturated rings. The zero-order valence-electron chi connectivity index (χ0n) is 29.5. The summed E-state index contributed by atoms with van der Waals surface area (Å²) in [6.07, 6.45) is 13.3. The highest BCUT2D eigenvalue weighted by Crippen LogP contribution is 2.43. The Morgan fingerprint density at radius 3 is 2.24 bits per heavy atom. The fourth-order valence-corrected chi connectivity index (χ4v) is 7.62. The summed E-state index contributed by atoms with van der Waals surface area (Å²) in [7, 11) is 0. The summed E-state index contributed by atoms with van der Waals surface area (Å²) in [6, 6.07) is -3.68. The van der Waals surface area contributed by atoms with E-state index in [1.54, 1.807) is 4.90 Å². The molecule has 0 aromatic rings. The Bertz CT molecular complexity index is 1310. The van der Waals surface area contributed by atoms with Gasteiger partial charge in [-0.3, -0.25) is 38.8 Å². The van der Waals surface area contributed by atoms with Crippen LogP contribution in [0.3, 0.4) is 0 Å². The van der Waals surface area contributed by atoms with Gasteiger partial charge in [-0.2, -0.15) is 0 Å². The minimum absolute atomic E-state index is 0.0115. The fourth-order valence-electron chi connectivity index (χ4n) is 7.62. The lowest BCUT2D eigenvalue weighted by atomic mass is 9.82. The fraction of sp³-hybridized carbons (Fsp3) is 0.722. The summed E-state index contributed by atoms with van der Waals surface area (Å²) in [6.45, 7) is 11.2. The molecular weight excluding hydrogens is 626 g/mol. The van der Waals surface area contributed by atoms with Crippen molar-refractivity contribution in [3.8, 4) is 0 Å². The van der Waals surface area contributed by atoms with Crippen LogP contribution >= 0.6 is 0 Å². The average Bonchev–Trinajstić information content (AvgIpc) is 3.63. The van der Waals surface area contributed by atoms with Crippen LogP contribution < -0.4 is 21.3 Å². The van der Waals surface area contributed by atoms with Crippen LogP contribution in [0, 0.1) is 23.2 Å². The number of nitrogens with zero attached hydrogens (tertiary/aromatic N) is 3. The molecule has 13 nitrogen and oxygen atoms in total. The van der Waals surface area contributed by atoms with Gasteiger partial charge in [-0.15, -0.1) is 0 Å². The second-order valence-electron chi connectivity index (χ2n) is 15.2. The topological polar surface area (TPSA) is 178 Å². The Labute approximate surface area is 290 Å². The molecule has 5 amide bonds. The van der Waals surface area contributed by atoms with Gasteiger partial charge in [-0.05, 0) is 74.8 Å². The van der Waals surface area contributed by atoms with E-state index in [0.29, 0.717) is 19.4 Å². The molecular formula is C36H55N7O6. The second-order valence-corrected chi connectivity index (χ2v) is 15.2. The molecule has 6 unspecified atom stereocenters. The number of likely N-dealkylation sites (tertiary alicyclic amines) is 1. The van der Waals surface area contributed by atoms with Crippen molar-refractivity contribution < 1.29 is 28.8 Å². The molecule has 3 aliphatic carbocycles. The number of Topliss-reactive ketones (excluding diaryl/α,β-unsaturated/α-hetero) is 1. The van der Waals surface area contributed by atoms with E-state index < -0.39 is 59.0 Å². The first-order valence-electron chi connectivity index (χ1n) is 18.1. The third-order valence-electron chi connectivity index (χ3n) is 10.3. The van der Waals surface area contributed by atoms with Crippen LogP contribution in [0.15, 0.2) is 22.4 Å². The quantitative estimate of drug-likeness (QED) is 0.152. The normalized spacial score (nSPS) is 24.6. The van der Waals surface area contributed by atoms with Crippen molar-refractivity contribution in [3.05, 3.63) is 12.4 Å². The molecule has 0 aromatic heterocycles. The average molecular weight is 682 g/mol. The number of aliphatic imine (C=N–C) groups is 2. The summed E-state index contributed by atoms with van der Waals surface area (Å²) in [5.41, 5.74) is -0.738. The van der Waals surface area contributed by atoms with Gasteiger partial charge in [0.15, 0.2) is 0 Å². The van der Waals surface area contributed by atoms with Crippen LogP contribution in [-0.2, 0) is 28.8 Å². The maximum atomic E-state index is 14.5. The standard InChI is InChI=1S/C36H55N7O6/c1-6-11-26(30(45)34(48)39-24-16-17-24)40-33(47)29-25-15-10-14-23(25)21-43(29)35(49)31(36(2,3)4)42-32(46)28(22-12-8-7-9-13-22)41-27(44)20-38-19-18-37-5/h18-20,22-26,28-29,31H,5-17,21H2,1-4H3,(H,39,48)(H,40,47)(H,41,44)(H,42,46). The van der Waals surface area contributed by atoms with Crippen LogP contribution in [0.4, 0.5) is 0 Å². The lowest BCUT2D eigenvalue weighted by Gasteiger charge is -2.38. The highest BCUT2D eigenvalue weighted by Gasteiger charge is 2.52. The van der Waals surface area contributed by atoms with Gasteiger partial charge >= 0.3 is 0 Å². The maximum Gasteiger partial charge on any atom is 0.289 e. The Kier molecular flexibility index (Phi) is 13.3. The third-order valence-corrected chi connectivity index (χ3v) is 10.3. The van der Waals surface area contributed by atoms with Gasteiger partial charge in [-0.1, -0.05) is 59.8 Å². The molecule has 49 heavy (non-hydrogen) atoms. The molecule has 0 bridgehead atoms. The smallest absolute Gasteiger partial charge is 0.289 e. The van der Waals surface area contributed by atoms with E-state index in [2.05, 4.69) is 38.0 Å². The van der Waals surface area contributed by atoms with E-state index in [1.807, 2.05) is 27.7 Å². The summed E-state index contributed by atoms with van der Waals surface area (Å²) >= 11 is 0. The number of amides is 5. The highest BCUT2D eigenvalue weighted by molar-refractivity contribution is 6.38. The van der Waals surface area contributed by atoms with Crippen LogP contribution in [0.25, 0.3) is 0 Å². The molecule has 1 saturated heterocycles. The molecule has 3 saturated carbocycles. The van der Waals surface area contributed by atoms with E-state index in [9.17, 15) is 28.8 Å². The number of fused-ring (bicyclic) bond motifs is 1. The molecule has 1 heterocycles. The van der Waals surface area contributed by atoms with E-state index in [0.717, 1.165) is 70.4 Å². The molecule has 0 radical (unpaired) electrons. The van der Waals surface area contributed by atoms with Gasteiger partial charge in [0.05, 0.1) is 12.3 Å². The molecule has 0 spiro atoms. The number of carbonyl (C=O) groups excluding carboxylic acids is 6. The number of carbonyl (C=O) groups is 6. The Morgan fingerprint density at radius 1 is 0.898 bits per heavy atom. The SMILES string of the molecule is C=NC=CN=CC(=O)NC(C(=O)NC(C(=O)N1CC2CCCC2C1C(=O)NC(CCC)C(=O)C(=O)NC1CC1)C(C)(C)C)C1CCCCC1. The molecule has 1 aliphatic heterocycles. The summed E-state index contributed by atoms with van der Waals surface area (Å²) in [4.78, 5) is 90.2. The van der Waals surface area contributed by atoms with Crippen LogP contribution in [0.1, 0.15) is 105 Å². The molecule has 4 aliphatic rings. The summed E-state index contributed by atoms with van der Waals surface area (Å²) < 4.78 is 0. The number of hydrogen-bond acceptors (Lipinski definition) is 8. The molecule has 4 N–H and O–H groups in total. The minimum Gasteiger partial charge on any atom is -0.347 e. The van der Waals surface area contributed by atoms with Crippen LogP contribution in [-0.4, -0.2) is 89.9 Å². The Morgan fingerprint density at radius 2 is 1.61 bits per heavy atom. The van der Waals surface area contributed by atoms with Gasteiger partial charge in [0.1, 0.15) is 18.1 Å². The monoisotopic (exact) mass is 681 g/mol. The summed E-state index contributed by atoms with van der Waals surface area (Å²) in [5.74, 6) is -3.25. The van der Waals surface area contributed by atoms with Gasteiger partial charge in [-0.25, -0.2) is 0 Å². The van der Waals surface area contributed by atoms with E-state index in [1.165, 1.54) is 12.4 Å². The maximum absolute atomic E-state index is 14.5. The van der Waals surface area contributed by atoms with E-state index in [4.69, 9.17) is 0 Å². The lowest BCUT2D eigenvalue weighted by Crippen LogP contribution is -2.62. The largest absolute Gasteiger partial charge is 0.347 e. The zero-order valence-corrected chi connectivity index (χ0v) is 29.5. The van der Waals surface area contributed by atoms with Crippen molar-refractivity contribution in [2.75, 3.05) is 6.54 Å². The first kappa shape index (κ1) is 37.9. The first-order chi connectivity index (χ1) is 23.3. The molecule has 6 atom stereocenters. The van der Waals surface area contributed by atoms with Gasteiger partial charge in [0, 0.05) is 25.0 Å². The Hall–Kier alpha value is -3.90. The number of rotatable bonds is 15. The molecule has 270 valence electrons. The van der Waals surface area contributed by atoms with Crippen molar-refractivity contribution in [1.82, 2.24) is 26.2 Å². The van der Waals surface area contributed by atoms with Crippen molar-refractivity contribution in [2.24, 2.45) is 33.2 Å².